The molecule has 3 aromatic heterocycles. The van der Waals surface area contributed by atoms with Gasteiger partial charge in [0.1, 0.15) is 0 Å². The number of halogens is 1. The van der Waals surface area contributed by atoms with Crippen LogP contribution in [0.25, 0.3) is 11.3 Å². The molecular formula is C18H15ClN6O2. The second-order valence-corrected chi connectivity index (χ2v) is 6.58. The third-order valence-corrected chi connectivity index (χ3v) is 4.13. The van der Waals surface area contributed by atoms with Gasteiger partial charge in [0.25, 0.3) is 0 Å². The molecule has 3 aromatic rings. The summed E-state index contributed by atoms with van der Waals surface area (Å²) in [5.41, 5.74) is 0.918. The van der Waals surface area contributed by atoms with Crippen LogP contribution in [-0.2, 0) is 5.54 Å². The number of aromatic nitrogens is 4. The lowest BCUT2D eigenvalue weighted by molar-refractivity contribution is 0.100. The quantitative estimate of drug-likeness (QED) is 0.667. The Morgan fingerprint density at radius 2 is 1.74 bits per heavy atom. The van der Waals surface area contributed by atoms with Crippen LogP contribution in [-0.4, -0.2) is 25.8 Å². The van der Waals surface area contributed by atoms with Crippen LogP contribution >= 0.6 is 11.6 Å². The first-order valence-electron chi connectivity index (χ1n) is 7.96. The van der Waals surface area contributed by atoms with Crippen molar-refractivity contribution in [2.24, 2.45) is 5.18 Å². The van der Waals surface area contributed by atoms with Crippen molar-refractivity contribution in [2.45, 2.75) is 19.4 Å². The average Bonchev–Trinajstić information content (AvgIpc) is 2.68. The molecule has 3 rings (SSSR count). The SMILES string of the molecule is CC(C)(Nc1ncc(-c2ncccc2C(=O)N=O)cn1)c1ncccc1Cl. The van der Waals surface area contributed by atoms with Crippen LogP contribution in [0.5, 0.6) is 0 Å². The Labute approximate surface area is 160 Å². The van der Waals surface area contributed by atoms with Gasteiger partial charge in [0.05, 0.1) is 27.5 Å². The summed E-state index contributed by atoms with van der Waals surface area (Å²) in [4.78, 5) is 39.2. The zero-order valence-electron chi connectivity index (χ0n) is 14.5. The van der Waals surface area contributed by atoms with Crippen LogP contribution in [0.1, 0.15) is 29.9 Å². The maximum absolute atomic E-state index is 11.7. The van der Waals surface area contributed by atoms with Crippen LogP contribution in [0.4, 0.5) is 5.95 Å². The van der Waals surface area contributed by atoms with Gasteiger partial charge >= 0.3 is 5.91 Å². The molecule has 136 valence electrons. The molecule has 9 heteroatoms. The van der Waals surface area contributed by atoms with Gasteiger partial charge in [0.15, 0.2) is 0 Å². The van der Waals surface area contributed by atoms with Crippen molar-refractivity contribution >= 4 is 23.5 Å². The van der Waals surface area contributed by atoms with E-state index in [1.807, 2.05) is 13.8 Å². The van der Waals surface area contributed by atoms with E-state index in [1.165, 1.54) is 24.7 Å². The highest BCUT2D eigenvalue weighted by Crippen LogP contribution is 2.28. The van der Waals surface area contributed by atoms with Crippen LogP contribution in [0.2, 0.25) is 5.02 Å². The molecule has 3 heterocycles. The van der Waals surface area contributed by atoms with E-state index < -0.39 is 11.4 Å². The van der Waals surface area contributed by atoms with Gasteiger partial charge in [0, 0.05) is 35.5 Å². The van der Waals surface area contributed by atoms with E-state index in [0.717, 1.165) is 0 Å². The topological polar surface area (TPSA) is 110 Å². The molecule has 27 heavy (non-hydrogen) atoms. The largest absolute Gasteiger partial charge is 0.344 e. The minimum absolute atomic E-state index is 0.0948. The monoisotopic (exact) mass is 382 g/mol. The molecule has 0 radical (unpaired) electrons. The van der Waals surface area contributed by atoms with E-state index in [1.54, 1.807) is 24.4 Å². The Balaban J connectivity index is 1.88. The number of nitroso groups, excluding NO2 is 1. The van der Waals surface area contributed by atoms with Gasteiger partial charge in [-0.3, -0.25) is 14.8 Å². The Morgan fingerprint density at radius 3 is 2.41 bits per heavy atom. The highest BCUT2D eigenvalue weighted by atomic mass is 35.5. The molecule has 0 saturated carbocycles. The normalized spacial score (nSPS) is 11.1. The Kier molecular flexibility index (Phi) is 5.18. The number of nitrogens with zero attached hydrogens (tertiary/aromatic N) is 5. The predicted octanol–water partition coefficient (Wildman–Crippen LogP) is 3.84. The molecule has 0 bridgehead atoms. The number of hydrogen-bond donors (Lipinski definition) is 1. The molecular weight excluding hydrogens is 368 g/mol. The molecule has 0 aliphatic heterocycles. The minimum Gasteiger partial charge on any atom is -0.344 e. The van der Waals surface area contributed by atoms with Gasteiger partial charge in [-0.05, 0) is 38.1 Å². The molecule has 0 aliphatic carbocycles. The highest BCUT2D eigenvalue weighted by Gasteiger charge is 2.25. The summed E-state index contributed by atoms with van der Waals surface area (Å²) in [5, 5.41) is 6.16. The number of hydrogen-bond acceptors (Lipinski definition) is 7. The van der Waals surface area contributed by atoms with Crippen molar-refractivity contribution in [3.8, 4) is 11.3 Å². The minimum atomic E-state index is -0.897. The zero-order chi connectivity index (χ0) is 19.4. The van der Waals surface area contributed by atoms with Crippen molar-refractivity contribution in [3.05, 3.63) is 70.2 Å². The van der Waals surface area contributed by atoms with Crippen LogP contribution in [0.15, 0.2) is 54.2 Å². The van der Waals surface area contributed by atoms with Gasteiger partial charge in [-0.25, -0.2) is 9.97 Å². The number of anilines is 1. The van der Waals surface area contributed by atoms with Crippen molar-refractivity contribution in [1.29, 1.82) is 0 Å². The number of nitrogens with one attached hydrogen (secondary N) is 1. The summed E-state index contributed by atoms with van der Waals surface area (Å²) < 4.78 is 0. The molecule has 0 spiro atoms. The maximum Gasteiger partial charge on any atom is 0.318 e. The molecule has 0 atom stereocenters. The number of pyridine rings is 2. The molecule has 1 amide bonds. The Hall–Kier alpha value is -3.26. The van der Waals surface area contributed by atoms with Gasteiger partial charge < -0.3 is 5.32 Å². The van der Waals surface area contributed by atoms with Crippen molar-refractivity contribution in [1.82, 2.24) is 19.9 Å². The number of rotatable bonds is 5. The van der Waals surface area contributed by atoms with Crippen LogP contribution in [0.3, 0.4) is 0 Å². The van der Waals surface area contributed by atoms with E-state index in [-0.39, 0.29) is 5.56 Å². The van der Waals surface area contributed by atoms with Gasteiger partial charge in [-0.2, -0.15) is 0 Å². The fourth-order valence-electron chi connectivity index (χ4n) is 2.56. The van der Waals surface area contributed by atoms with E-state index >= 15 is 0 Å². The maximum atomic E-state index is 11.7. The average molecular weight is 383 g/mol. The lowest BCUT2D eigenvalue weighted by Gasteiger charge is -2.26. The molecule has 0 aliphatic rings. The molecule has 1 N–H and O–H groups in total. The fourth-order valence-corrected chi connectivity index (χ4v) is 2.91. The summed E-state index contributed by atoms with van der Waals surface area (Å²) in [7, 11) is 0. The van der Waals surface area contributed by atoms with Gasteiger partial charge in [-0.1, -0.05) is 11.6 Å². The predicted molar refractivity (Wildman–Crippen MR) is 101 cm³/mol. The number of carbonyl (C=O) groups is 1. The third kappa shape index (κ3) is 3.95. The van der Waals surface area contributed by atoms with Gasteiger partial charge in [-0.15, -0.1) is 4.91 Å². The summed E-state index contributed by atoms with van der Waals surface area (Å²) in [6, 6.07) is 6.55. The first kappa shape index (κ1) is 18.5. The lowest BCUT2D eigenvalue weighted by Crippen LogP contribution is -2.30. The van der Waals surface area contributed by atoms with Crippen molar-refractivity contribution in [3.63, 3.8) is 0 Å². The second-order valence-electron chi connectivity index (χ2n) is 6.18. The molecule has 0 unspecified atom stereocenters. The Morgan fingerprint density at radius 1 is 1.07 bits per heavy atom. The Bertz CT molecular complexity index is 991. The molecule has 0 fully saturated rings. The summed E-state index contributed by atoms with van der Waals surface area (Å²) >= 11 is 6.22. The lowest BCUT2D eigenvalue weighted by atomic mass is 10.00. The van der Waals surface area contributed by atoms with Crippen molar-refractivity contribution < 1.29 is 4.79 Å². The molecule has 0 saturated heterocycles. The van der Waals surface area contributed by atoms with E-state index in [4.69, 9.17) is 11.6 Å². The number of carbonyl (C=O) groups excluding carboxylic acids is 1. The first-order valence-corrected chi connectivity index (χ1v) is 8.34. The standard InChI is InChI=1S/C18H15ClN6O2/c1-18(2,15-13(19)6-4-8-21-15)24-17-22-9-11(10-23-17)14-12(16(26)25-27)5-3-7-20-14/h3-10H,1-2H3,(H,22,23,24). The summed E-state index contributed by atoms with van der Waals surface area (Å²) in [6.07, 6.45) is 6.19. The summed E-state index contributed by atoms with van der Waals surface area (Å²) in [5.74, 6) is -0.547. The van der Waals surface area contributed by atoms with E-state index in [0.29, 0.717) is 27.9 Å². The van der Waals surface area contributed by atoms with Gasteiger partial charge in [0.2, 0.25) is 5.95 Å². The van der Waals surface area contributed by atoms with Crippen LogP contribution in [0, 0.1) is 4.91 Å². The van der Waals surface area contributed by atoms with Crippen LogP contribution < -0.4 is 5.32 Å². The van der Waals surface area contributed by atoms with E-state index in [9.17, 15) is 9.70 Å². The smallest absolute Gasteiger partial charge is 0.318 e. The highest BCUT2D eigenvalue weighted by molar-refractivity contribution is 6.31. The third-order valence-electron chi connectivity index (χ3n) is 3.82. The van der Waals surface area contributed by atoms with E-state index in [2.05, 4.69) is 30.4 Å². The zero-order valence-corrected chi connectivity index (χ0v) is 15.3. The fraction of sp³-hybridized carbons (Fsp3) is 0.167. The molecule has 8 nitrogen and oxygen atoms in total. The van der Waals surface area contributed by atoms with Crippen molar-refractivity contribution in [2.75, 3.05) is 5.32 Å². The molecule has 0 aromatic carbocycles. The second kappa shape index (κ2) is 7.55. The number of amides is 1. The summed E-state index contributed by atoms with van der Waals surface area (Å²) in [6.45, 7) is 3.81. The first-order chi connectivity index (χ1) is 12.9.